The smallest absolute Gasteiger partial charge is 0.358 e. The molecule has 0 unspecified atom stereocenters. The topological polar surface area (TPSA) is 91.2 Å². The molecule has 120 valence electrons. The third-order valence-electron chi connectivity index (χ3n) is 3.43. The van der Waals surface area contributed by atoms with Crippen molar-refractivity contribution in [2.75, 3.05) is 0 Å². The average Bonchev–Trinajstić information content (AvgIpc) is 3.23. The van der Waals surface area contributed by atoms with Crippen molar-refractivity contribution in [1.29, 1.82) is 0 Å². The zero-order valence-electron chi connectivity index (χ0n) is 12.4. The minimum Gasteiger partial charge on any atom is -0.358 e. The van der Waals surface area contributed by atoms with Gasteiger partial charge in [-0.2, -0.15) is 9.38 Å². The van der Waals surface area contributed by atoms with Crippen LogP contribution < -0.4 is 0 Å². The SMILES string of the molecule is Cn1c(Sc2nc3sccn3c2[N+](=O)[O-])nnc1-c1ccccc1. The molecule has 24 heavy (non-hydrogen) atoms. The Morgan fingerprint density at radius 2 is 2.04 bits per heavy atom. The zero-order valence-corrected chi connectivity index (χ0v) is 14.0. The standard InChI is InChI=1S/C14H10N6O2S2/c1-18-10(9-5-3-2-4-6-9)16-17-14(18)24-11-12(20(21)22)19-7-8-23-13(19)15-11/h2-8H,1H3. The molecule has 1 aromatic carbocycles. The fraction of sp³-hybridized carbons (Fsp3) is 0.0714. The van der Waals surface area contributed by atoms with Crippen molar-refractivity contribution in [3.8, 4) is 11.4 Å². The van der Waals surface area contributed by atoms with Crippen LogP contribution in [0.3, 0.4) is 0 Å². The van der Waals surface area contributed by atoms with E-state index < -0.39 is 4.92 Å². The molecule has 3 aromatic heterocycles. The largest absolute Gasteiger partial charge is 0.363 e. The predicted octanol–water partition coefficient (Wildman–Crippen LogP) is 3.25. The molecular weight excluding hydrogens is 348 g/mol. The van der Waals surface area contributed by atoms with Gasteiger partial charge in [0.05, 0.1) is 0 Å². The normalized spacial score (nSPS) is 11.2. The van der Waals surface area contributed by atoms with E-state index in [1.54, 1.807) is 16.1 Å². The predicted molar refractivity (Wildman–Crippen MR) is 90.3 cm³/mol. The summed E-state index contributed by atoms with van der Waals surface area (Å²) in [4.78, 5) is 15.9. The Morgan fingerprint density at radius 1 is 1.25 bits per heavy atom. The molecule has 0 aliphatic carbocycles. The van der Waals surface area contributed by atoms with Gasteiger partial charge in [-0.05, 0) is 16.7 Å². The Labute approximate surface area is 143 Å². The van der Waals surface area contributed by atoms with E-state index in [1.165, 1.54) is 15.7 Å². The van der Waals surface area contributed by atoms with E-state index in [9.17, 15) is 10.1 Å². The van der Waals surface area contributed by atoms with Gasteiger partial charge in [0.15, 0.2) is 11.0 Å². The highest BCUT2D eigenvalue weighted by molar-refractivity contribution is 7.99. The summed E-state index contributed by atoms with van der Waals surface area (Å²) in [6, 6.07) is 9.65. The van der Waals surface area contributed by atoms with Gasteiger partial charge in [0, 0.05) is 18.0 Å². The summed E-state index contributed by atoms with van der Waals surface area (Å²) in [6.45, 7) is 0. The first kappa shape index (κ1) is 14.8. The van der Waals surface area contributed by atoms with Crippen molar-refractivity contribution in [3.05, 3.63) is 52.0 Å². The van der Waals surface area contributed by atoms with Gasteiger partial charge in [-0.3, -0.25) is 0 Å². The third-order valence-corrected chi connectivity index (χ3v) is 5.20. The van der Waals surface area contributed by atoms with E-state index in [0.717, 1.165) is 17.3 Å². The number of benzene rings is 1. The first-order chi connectivity index (χ1) is 11.6. The van der Waals surface area contributed by atoms with Crippen LogP contribution >= 0.6 is 23.1 Å². The summed E-state index contributed by atoms with van der Waals surface area (Å²) in [5.74, 6) is 0.641. The molecule has 0 radical (unpaired) electrons. The molecule has 0 bridgehead atoms. The molecule has 0 aliphatic rings. The Bertz CT molecular complexity index is 1040. The van der Waals surface area contributed by atoms with E-state index >= 15 is 0 Å². The molecule has 4 rings (SSSR count). The van der Waals surface area contributed by atoms with Crippen molar-refractivity contribution < 1.29 is 4.92 Å². The molecule has 3 heterocycles. The molecule has 0 spiro atoms. The van der Waals surface area contributed by atoms with Crippen molar-refractivity contribution in [2.24, 2.45) is 7.05 Å². The Kier molecular flexibility index (Phi) is 3.54. The molecule has 0 N–H and O–H groups in total. The van der Waals surface area contributed by atoms with E-state index in [-0.39, 0.29) is 5.82 Å². The van der Waals surface area contributed by atoms with Crippen LogP contribution in [0.25, 0.3) is 16.3 Å². The van der Waals surface area contributed by atoms with Gasteiger partial charge < -0.3 is 14.7 Å². The molecule has 0 atom stereocenters. The quantitative estimate of drug-likeness (QED) is 0.411. The van der Waals surface area contributed by atoms with Crippen molar-refractivity contribution >= 4 is 33.9 Å². The molecule has 0 fully saturated rings. The third kappa shape index (κ3) is 2.36. The van der Waals surface area contributed by atoms with E-state index in [2.05, 4.69) is 15.2 Å². The van der Waals surface area contributed by atoms with Crippen LogP contribution in [0.5, 0.6) is 0 Å². The van der Waals surface area contributed by atoms with Gasteiger partial charge in [0.25, 0.3) is 4.96 Å². The number of hydrogen-bond donors (Lipinski definition) is 0. The maximum absolute atomic E-state index is 11.4. The second kappa shape index (κ2) is 5.73. The Morgan fingerprint density at radius 3 is 2.79 bits per heavy atom. The molecule has 10 heteroatoms. The van der Waals surface area contributed by atoms with Crippen LogP contribution in [0, 0.1) is 10.1 Å². The van der Waals surface area contributed by atoms with Crippen LogP contribution in [-0.2, 0) is 7.05 Å². The molecule has 0 saturated carbocycles. The minimum absolute atomic E-state index is 0.0551. The highest BCUT2D eigenvalue weighted by Crippen LogP contribution is 2.36. The first-order valence-electron chi connectivity index (χ1n) is 6.88. The number of thiazole rings is 1. The minimum atomic E-state index is -0.427. The fourth-order valence-corrected chi connectivity index (χ4v) is 3.96. The van der Waals surface area contributed by atoms with Crippen LogP contribution in [0.2, 0.25) is 0 Å². The van der Waals surface area contributed by atoms with E-state index in [1.807, 2.05) is 37.4 Å². The monoisotopic (exact) mass is 358 g/mol. The number of aromatic nitrogens is 5. The van der Waals surface area contributed by atoms with Gasteiger partial charge in [0.1, 0.15) is 6.20 Å². The molecular formula is C14H10N6O2S2. The Hall–Kier alpha value is -2.72. The molecule has 0 amide bonds. The maximum Gasteiger partial charge on any atom is 0.363 e. The number of fused-ring (bicyclic) bond motifs is 1. The second-order valence-electron chi connectivity index (χ2n) is 4.89. The highest BCUT2D eigenvalue weighted by atomic mass is 32.2. The lowest BCUT2D eigenvalue weighted by atomic mass is 10.2. The molecule has 8 nitrogen and oxygen atoms in total. The van der Waals surface area contributed by atoms with Crippen LogP contribution in [0.1, 0.15) is 0 Å². The lowest BCUT2D eigenvalue weighted by Crippen LogP contribution is -1.96. The summed E-state index contributed by atoms with van der Waals surface area (Å²) in [5.41, 5.74) is 0.930. The summed E-state index contributed by atoms with van der Waals surface area (Å²) in [6.07, 6.45) is 1.64. The lowest BCUT2D eigenvalue weighted by molar-refractivity contribution is -0.393. The van der Waals surface area contributed by atoms with Gasteiger partial charge in [-0.1, -0.05) is 41.7 Å². The average molecular weight is 358 g/mol. The molecule has 4 aromatic rings. The lowest BCUT2D eigenvalue weighted by Gasteiger charge is -2.02. The van der Waals surface area contributed by atoms with Gasteiger partial charge in [0.2, 0.25) is 5.03 Å². The number of nitrogens with zero attached hydrogens (tertiary/aromatic N) is 6. The summed E-state index contributed by atoms with van der Waals surface area (Å²) >= 11 is 2.49. The van der Waals surface area contributed by atoms with Gasteiger partial charge in [-0.15, -0.1) is 10.2 Å². The van der Waals surface area contributed by atoms with Gasteiger partial charge >= 0.3 is 5.82 Å². The first-order valence-corrected chi connectivity index (χ1v) is 8.57. The maximum atomic E-state index is 11.4. The number of imidazole rings is 1. The van der Waals surface area contributed by atoms with Crippen LogP contribution in [0.4, 0.5) is 5.82 Å². The summed E-state index contributed by atoms with van der Waals surface area (Å²) < 4.78 is 3.28. The molecule has 0 aliphatic heterocycles. The van der Waals surface area contributed by atoms with Crippen molar-refractivity contribution in [3.63, 3.8) is 0 Å². The van der Waals surface area contributed by atoms with E-state index in [4.69, 9.17) is 0 Å². The van der Waals surface area contributed by atoms with Crippen LogP contribution in [-0.4, -0.2) is 29.1 Å². The number of rotatable bonds is 4. The summed E-state index contributed by atoms with van der Waals surface area (Å²) in [5, 5.41) is 22.3. The van der Waals surface area contributed by atoms with Gasteiger partial charge in [-0.25, -0.2) is 0 Å². The number of nitro groups is 1. The number of hydrogen-bond acceptors (Lipinski definition) is 7. The zero-order chi connectivity index (χ0) is 16.7. The van der Waals surface area contributed by atoms with Crippen molar-refractivity contribution in [2.45, 2.75) is 10.2 Å². The molecule has 0 saturated heterocycles. The van der Waals surface area contributed by atoms with Crippen molar-refractivity contribution in [1.82, 2.24) is 24.1 Å². The van der Waals surface area contributed by atoms with E-state index in [0.29, 0.717) is 21.0 Å². The second-order valence-corrected chi connectivity index (χ2v) is 6.72. The Balaban J connectivity index is 1.75. The fourth-order valence-electron chi connectivity index (χ4n) is 2.32. The van der Waals surface area contributed by atoms with Crippen LogP contribution in [0.15, 0.2) is 52.1 Å². The summed E-state index contributed by atoms with van der Waals surface area (Å²) in [7, 11) is 1.83. The highest BCUT2D eigenvalue weighted by Gasteiger charge is 2.26.